The lowest BCUT2D eigenvalue weighted by molar-refractivity contribution is -0.137. The summed E-state index contributed by atoms with van der Waals surface area (Å²) < 4.78 is 48.2. The Balaban J connectivity index is 1.41. The van der Waals surface area contributed by atoms with Crippen molar-refractivity contribution in [2.45, 2.75) is 50.9 Å². The Morgan fingerprint density at radius 1 is 0.782 bits per heavy atom. The van der Waals surface area contributed by atoms with Crippen molar-refractivity contribution in [3.8, 4) is 11.1 Å². The number of rotatable bonds is 7. The standard InChI is InChI=1S/C44H40ClF3N4O3/c1-42(2,3)55-41(54)51-25-13-14-30(28-51)40(53)49-39-36-26-29(35-23-22-34(27-37(35)45)44(46,47)48)21-24-38(36)52(50-39)43(31-15-7-4-8-16-31,32-17-9-5-10-18-32)33-19-11-6-12-20-33/h4-12,15-24,26-27,30H,13-14,25,28H2,1-3H3,(H,49,50,53)/t30-/m1/s1. The number of carbonyl (C=O) groups is 2. The van der Waals surface area contributed by atoms with Crippen LogP contribution in [0.15, 0.2) is 127 Å². The van der Waals surface area contributed by atoms with Gasteiger partial charge in [0, 0.05) is 29.1 Å². The summed E-state index contributed by atoms with van der Waals surface area (Å²) in [5.41, 5.74) is 1.72. The molecule has 2 amide bonds. The maximum Gasteiger partial charge on any atom is 0.416 e. The second kappa shape index (κ2) is 14.9. The van der Waals surface area contributed by atoms with Crippen LogP contribution in [0.4, 0.5) is 23.8 Å². The van der Waals surface area contributed by atoms with Gasteiger partial charge in [-0.3, -0.25) is 4.79 Å². The minimum absolute atomic E-state index is 0.0659. The Morgan fingerprint density at radius 2 is 1.36 bits per heavy atom. The molecular weight excluding hydrogens is 725 g/mol. The highest BCUT2D eigenvalue weighted by atomic mass is 35.5. The Bertz CT molecular complexity index is 2230. The Hall–Kier alpha value is -5.61. The first-order valence-corrected chi connectivity index (χ1v) is 18.5. The molecule has 1 aromatic heterocycles. The number of ether oxygens (including phenoxy) is 1. The molecule has 6 aromatic rings. The molecule has 7 rings (SSSR count). The zero-order chi connectivity index (χ0) is 39.0. The van der Waals surface area contributed by atoms with E-state index in [0.29, 0.717) is 41.4 Å². The molecule has 2 heterocycles. The Labute approximate surface area is 322 Å². The first-order valence-electron chi connectivity index (χ1n) is 18.1. The number of fused-ring (bicyclic) bond motifs is 1. The SMILES string of the molecule is CC(C)(C)OC(=O)N1CCC[C@@H](C(=O)Nc2nn(C(c3ccccc3)(c3ccccc3)c3ccccc3)c3ccc(-c4ccc(C(F)(F)F)cc4Cl)cc23)C1. The maximum absolute atomic E-state index is 14.2. The van der Waals surface area contributed by atoms with E-state index in [0.717, 1.165) is 28.8 Å². The van der Waals surface area contributed by atoms with Crippen molar-refractivity contribution in [1.29, 1.82) is 0 Å². The molecule has 11 heteroatoms. The van der Waals surface area contributed by atoms with Crippen LogP contribution in [-0.2, 0) is 21.2 Å². The van der Waals surface area contributed by atoms with Crippen molar-refractivity contribution in [1.82, 2.24) is 14.7 Å². The molecule has 0 saturated carbocycles. The summed E-state index contributed by atoms with van der Waals surface area (Å²) in [6.07, 6.45) is -3.87. The van der Waals surface area contributed by atoms with E-state index < -0.39 is 34.9 Å². The molecule has 55 heavy (non-hydrogen) atoms. The van der Waals surface area contributed by atoms with Crippen molar-refractivity contribution >= 4 is 40.3 Å². The molecule has 282 valence electrons. The zero-order valence-electron chi connectivity index (χ0n) is 30.6. The van der Waals surface area contributed by atoms with Gasteiger partial charge < -0.3 is 15.0 Å². The van der Waals surface area contributed by atoms with Crippen LogP contribution in [0.5, 0.6) is 0 Å². The molecule has 1 N–H and O–H groups in total. The average molecular weight is 765 g/mol. The first-order chi connectivity index (χ1) is 26.3. The van der Waals surface area contributed by atoms with E-state index >= 15 is 0 Å². The predicted molar refractivity (Wildman–Crippen MR) is 209 cm³/mol. The number of carbonyl (C=O) groups excluding carboxylic acids is 2. The number of alkyl halides is 3. The second-order valence-corrected chi connectivity index (χ2v) is 15.2. The number of hydrogen-bond donors (Lipinski definition) is 1. The lowest BCUT2D eigenvalue weighted by Gasteiger charge is -2.37. The lowest BCUT2D eigenvalue weighted by Crippen LogP contribution is -2.45. The van der Waals surface area contributed by atoms with E-state index in [1.807, 2.05) is 102 Å². The molecule has 1 atom stereocenters. The Kier molecular flexibility index (Phi) is 10.2. The molecule has 0 radical (unpaired) electrons. The zero-order valence-corrected chi connectivity index (χ0v) is 31.4. The predicted octanol–water partition coefficient (Wildman–Crippen LogP) is 10.8. The normalized spacial score (nSPS) is 15.2. The second-order valence-electron chi connectivity index (χ2n) is 14.7. The number of amides is 2. The van der Waals surface area contributed by atoms with Crippen molar-refractivity contribution in [2.24, 2.45) is 5.92 Å². The monoisotopic (exact) mass is 764 g/mol. The number of aromatic nitrogens is 2. The summed E-state index contributed by atoms with van der Waals surface area (Å²) in [5, 5.41) is 8.81. The summed E-state index contributed by atoms with van der Waals surface area (Å²) in [6, 6.07) is 38.6. The smallest absolute Gasteiger partial charge is 0.416 e. The number of anilines is 1. The summed E-state index contributed by atoms with van der Waals surface area (Å²) in [4.78, 5) is 28.8. The van der Waals surface area contributed by atoms with Crippen LogP contribution < -0.4 is 5.32 Å². The third-order valence-corrected chi connectivity index (χ3v) is 10.2. The highest BCUT2D eigenvalue weighted by molar-refractivity contribution is 6.33. The molecule has 1 aliphatic heterocycles. The molecule has 0 aliphatic carbocycles. The van der Waals surface area contributed by atoms with Crippen molar-refractivity contribution in [3.05, 3.63) is 155 Å². The molecule has 0 unspecified atom stereocenters. The van der Waals surface area contributed by atoms with Gasteiger partial charge in [0.25, 0.3) is 0 Å². The van der Waals surface area contributed by atoms with Crippen LogP contribution in [0.3, 0.4) is 0 Å². The number of nitrogens with zero attached hydrogens (tertiary/aromatic N) is 3. The van der Waals surface area contributed by atoms with Gasteiger partial charge in [-0.15, -0.1) is 0 Å². The van der Waals surface area contributed by atoms with Crippen LogP contribution >= 0.6 is 11.6 Å². The minimum Gasteiger partial charge on any atom is -0.444 e. The van der Waals surface area contributed by atoms with Crippen LogP contribution in [-0.4, -0.2) is 45.4 Å². The molecule has 0 bridgehead atoms. The first kappa shape index (κ1) is 37.7. The van der Waals surface area contributed by atoms with E-state index in [4.69, 9.17) is 21.4 Å². The van der Waals surface area contributed by atoms with Gasteiger partial charge >= 0.3 is 12.3 Å². The van der Waals surface area contributed by atoms with Gasteiger partial charge in [-0.05, 0) is 80.1 Å². The number of benzene rings is 5. The number of halogens is 4. The van der Waals surface area contributed by atoms with Crippen molar-refractivity contribution in [3.63, 3.8) is 0 Å². The van der Waals surface area contributed by atoms with Gasteiger partial charge in [0.2, 0.25) is 5.91 Å². The van der Waals surface area contributed by atoms with Gasteiger partial charge in [0.1, 0.15) is 11.1 Å². The molecule has 1 saturated heterocycles. The number of likely N-dealkylation sites (tertiary alicyclic amines) is 1. The minimum atomic E-state index is -4.56. The average Bonchev–Trinajstić information content (AvgIpc) is 3.52. The Morgan fingerprint density at radius 3 is 1.89 bits per heavy atom. The van der Waals surface area contributed by atoms with Crippen LogP contribution in [0, 0.1) is 5.92 Å². The summed E-state index contributed by atoms with van der Waals surface area (Å²) in [7, 11) is 0. The van der Waals surface area contributed by atoms with Gasteiger partial charge in [-0.1, -0.05) is 115 Å². The fourth-order valence-electron chi connectivity index (χ4n) is 7.37. The summed E-state index contributed by atoms with van der Waals surface area (Å²) in [5.74, 6) is -0.606. The van der Waals surface area contributed by atoms with Crippen molar-refractivity contribution in [2.75, 3.05) is 18.4 Å². The number of piperidine rings is 1. The highest BCUT2D eigenvalue weighted by Gasteiger charge is 2.41. The maximum atomic E-state index is 14.2. The third-order valence-electron chi connectivity index (χ3n) is 9.87. The van der Waals surface area contributed by atoms with Crippen LogP contribution in [0.1, 0.15) is 55.9 Å². The highest BCUT2D eigenvalue weighted by Crippen LogP contribution is 2.45. The van der Waals surface area contributed by atoms with E-state index in [9.17, 15) is 22.8 Å². The third kappa shape index (κ3) is 7.56. The molecule has 5 aromatic carbocycles. The largest absolute Gasteiger partial charge is 0.444 e. The van der Waals surface area contributed by atoms with Gasteiger partial charge in [0.05, 0.1) is 17.0 Å². The number of nitrogens with one attached hydrogen (secondary N) is 1. The van der Waals surface area contributed by atoms with Crippen LogP contribution in [0.2, 0.25) is 5.02 Å². The van der Waals surface area contributed by atoms with E-state index in [1.165, 1.54) is 6.07 Å². The van der Waals surface area contributed by atoms with E-state index in [-0.39, 0.29) is 23.3 Å². The van der Waals surface area contributed by atoms with Gasteiger partial charge in [0.15, 0.2) is 5.82 Å². The summed E-state index contributed by atoms with van der Waals surface area (Å²) in [6.45, 7) is 6.04. The fourth-order valence-corrected chi connectivity index (χ4v) is 7.66. The van der Waals surface area contributed by atoms with Crippen LogP contribution in [0.25, 0.3) is 22.0 Å². The molecule has 1 aliphatic rings. The lowest BCUT2D eigenvalue weighted by atomic mass is 9.77. The molecular formula is C44H40ClF3N4O3. The molecule has 1 fully saturated rings. The fraction of sp³-hybridized carbons (Fsp3) is 0.250. The topological polar surface area (TPSA) is 76.5 Å². The van der Waals surface area contributed by atoms with Gasteiger partial charge in [-0.25, -0.2) is 9.48 Å². The summed E-state index contributed by atoms with van der Waals surface area (Å²) >= 11 is 6.51. The molecule has 0 spiro atoms. The quantitative estimate of drug-likeness (QED) is 0.164. The van der Waals surface area contributed by atoms with E-state index in [1.54, 1.807) is 37.8 Å². The van der Waals surface area contributed by atoms with Crippen molar-refractivity contribution < 1.29 is 27.5 Å². The molecule has 7 nitrogen and oxygen atoms in total. The van der Waals surface area contributed by atoms with Gasteiger partial charge in [-0.2, -0.15) is 18.3 Å². The van der Waals surface area contributed by atoms with E-state index in [2.05, 4.69) is 5.32 Å². The number of hydrogen-bond acceptors (Lipinski definition) is 4.